The maximum Gasteiger partial charge on any atom is 0.259 e. The Balaban J connectivity index is 1.84. The minimum absolute atomic E-state index is 0.0339. The summed E-state index contributed by atoms with van der Waals surface area (Å²) in [6.07, 6.45) is 2.45. The molecule has 114 valence electrons. The molecular weight excluding hydrogens is 284 g/mol. The van der Waals surface area contributed by atoms with Crippen LogP contribution in [0.3, 0.4) is 0 Å². The number of piperidine rings is 1. The van der Waals surface area contributed by atoms with Gasteiger partial charge in [-0.1, -0.05) is 6.92 Å². The van der Waals surface area contributed by atoms with Crippen molar-refractivity contribution in [3.8, 4) is 0 Å². The highest BCUT2D eigenvalue weighted by atomic mass is 32.1. The first kappa shape index (κ1) is 14.7. The molecule has 1 aliphatic rings. The zero-order valence-corrected chi connectivity index (χ0v) is 13.4. The molecule has 2 aromatic heterocycles. The fraction of sp³-hybridized carbons (Fsp3) is 0.600. The summed E-state index contributed by atoms with van der Waals surface area (Å²) in [5.41, 5.74) is 1.88. The Morgan fingerprint density at radius 3 is 3.14 bits per heavy atom. The third-order valence-electron chi connectivity index (χ3n) is 4.19. The monoisotopic (exact) mass is 306 g/mol. The van der Waals surface area contributed by atoms with Crippen LogP contribution < -0.4 is 10.9 Å². The van der Waals surface area contributed by atoms with Gasteiger partial charge in [0.05, 0.1) is 5.69 Å². The summed E-state index contributed by atoms with van der Waals surface area (Å²) in [4.78, 5) is 20.1. The van der Waals surface area contributed by atoms with E-state index >= 15 is 0 Å². The Bertz CT molecular complexity index is 672. The van der Waals surface area contributed by atoms with Crippen molar-refractivity contribution in [2.45, 2.75) is 39.3 Å². The first-order valence-electron chi connectivity index (χ1n) is 7.60. The molecule has 1 saturated heterocycles. The molecule has 1 fully saturated rings. The van der Waals surface area contributed by atoms with Gasteiger partial charge >= 0.3 is 0 Å². The Labute approximate surface area is 128 Å². The smallest absolute Gasteiger partial charge is 0.259 e. The predicted molar refractivity (Wildman–Crippen MR) is 86.1 cm³/mol. The Kier molecular flexibility index (Phi) is 4.37. The summed E-state index contributed by atoms with van der Waals surface area (Å²) >= 11 is 1.53. The maximum absolute atomic E-state index is 12.2. The first-order chi connectivity index (χ1) is 10.2. The van der Waals surface area contributed by atoms with Gasteiger partial charge in [0.15, 0.2) is 4.96 Å². The lowest BCUT2D eigenvalue weighted by molar-refractivity contribution is 0.164. The van der Waals surface area contributed by atoms with E-state index in [0.717, 1.165) is 42.5 Å². The van der Waals surface area contributed by atoms with Crippen molar-refractivity contribution in [1.29, 1.82) is 0 Å². The van der Waals surface area contributed by atoms with Crippen LogP contribution in [0.1, 0.15) is 31.2 Å². The lowest BCUT2D eigenvalue weighted by Crippen LogP contribution is -2.45. The van der Waals surface area contributed by atoms with Crippen LogP contribution in [-0.2, 0) is 6.54 Å². The molecule has 5 nitrogen and oxygen atoms in total. The molecule has 0 radical (unpaired) electrons. The van der Waals surface area contributed by atoms with Gasteiger partial charge in [0.1, 0.15) is 0 Å². The summed E-state index contributed by atoms with van der Waals surface area (Å²) < 4.78 is 1.69. The molecule has 21 heavy (non-hydrogen) atoms. The van der Waals surface area contributed by atoms with Gasteiger partial charge in [0.25, 0.3) is 5.56 Å². The molecule has 6 heteroatoms. The molecule has 0 bridgehead atoms. The van der Waals surface area contributed by atoms with Gasteiger partial charge in [-0.3, -0.25) is 14.1 Å². The van der Waals surface area contributed by atoms with E-state index in [1.54, 1.807) is 10.5 Å². The molecule has 0 aromatic carbocycles. The highest BCUT2D eigenvalue weighted by molar-refractivity contribution is 7.15. The van der Waals surface area contributed by atoms with E-state index in [-0.39, 0.29) is 5.56 Å². The topological polar surface area (TPSA) is 49.6 Å². The number of fused-ring (bicyclic) bond motifs is 1. The molecule has 0 amide bonds. The zero-order chi connectivity index (χ0) is 14.8. The van der Waals surface area contributed by atoms with Crippen LogP contribution in [-0.4, -0.2) is 40.0 Å². The minimum atomic E-state index is 0.0339. The molecule has 1 aliphatic heterocycles. The van der Waals surface area contributed by atoms with Crippen LogP contribution in [0.15, 0.2) is 16.2 Å². The summed E-state index contributed by atoms with van der Waals surface area (Å²) in [6.45, 7) is 8.01. The standard InChI is InChI=1S/C15H22N4OS/c1-3-18(13-5-4-6-16-8-13)9-12-7-14(20)19-11(2)10-21-15(19)17-12/h7,10,13,16H,3-6,8-9H2,1-2H3. The quantitative estimate of drug-likeness (QED) is 0.933. The van der Waals surface area contributed by atoms with Gasteiger partial charge in [-0.05, 0) is 32.9 Å². The molecule has 3 rings (SSSR count). The van der Waals surface area contributed by atoms with E-state index in [9.17, 15) is 4.79 Å². The van der Waals surface area contributed by atoms with Gasteiger partial charge < -0.3 is 5.32 Å². The number of likely N-dealkylation sites (N-methyl/N-ethyl adjacent to an activating group) is 1. The number of aromatic nitrogens is 2. The minimum Gasteiger partial charge on any atom is -0.315 e. The summed E-state index contributed by atoms with van der Waals surface area (Å²) in [7, 11) is 0. The van der Waals surface area contributed by atoms with E-state index < -0.39 is 0 Å². The third kappa shape index (κ3) is 3.02. The Morgan fingerprint density at radius 2 is 2.43 bits per heavy atom. The third-order valence-corrected chi connectivity index (χ3v) is 5.13. The van der Waals surface area contributed by atoms with Gasteiger partial charge in [-0.15, -0.1) is 11.3 Å². The highest BCUT2D eigenvalue weighted by Gasteiger charge is 2.20. The normalized spacial score (nSPS) is 19.5. The van der Waals surface area contributed by atoms with Crippen molar-refractivity contribution in [3.05, 3.63) is 33.2 Å². The number of aryl methyl sites for hydroxylation is 1. The second-order valence-electron chi connectivity index (χ2n) is 5.64. The molecule has 3 heterocycles. The highest BCUT2D eigenvalue weighted by Crippen LogP contribution is 2.15. The number of rotatable bonds is 4. The summed E-state index contributed by atoms with van der Waals surface area (Å²) in [5, 5.41) is 5.44. The lowest BCUT2D eigenvalue weighted by atomic mass is 10.1. The zero-order valence-electron chi connectivity index (χ0n) is 12.6. The maximum atomic E-state index is 12.2. The van der Waals surface area contributed by atoms with Gasteiger partial charge in [0.2, 0.25) is 0 Å². The molecule has 1 atom stereocenters. The first-order valence-corrected chi connectivity index (χ1v) is 8.48. The van der Waals surface area contributed by atoms with Gasteiger partial charge in [-0.2, -0.15) is 0 Å². The van der Waals surface area contributed by atoms with Crippen LogP contribution in [0.5, 0.6) is 0 Å². The number of hydrogen-bond acceptors (Lipinski definition) is 5. The van der Waals surface area contributed by atoms with E-state index in [1.807, 2.05) is 12.3 Å². The molecule has 0 aliphatic carbocycles. The van der Waals surface area contributed by atoms with Crippen molar-refractivity contribution >= 4 is 16.3 Å². The number of thiazole rings is 1. The van der Waals surface area contributed by atoms with Crippen molar-refractivity contribution in [2.24, 2.45) is 0 Å². The predicted octanol–water partition coefficient (Wildman–Crippen LogP) is 1.64. The fourth-order valence-electron chi connectivity index (χ4n) is 3.03. The number of nitrogens with zero attached hydrogens (tertiary/aromatic N) is 3. The number of hydrogen-bond donors (Lipinski definition) is 1. The molecule has 1 N–H and O–H groups in total. The van der Waals surface area contributed by atoms with Crippen LogP contribution in [0.25, 0.3) is 4.96 Å². The van der Waals surface area contributed by atoms with E-state index in [1.165, 1.54) is 24.2 Å². The van der Waals surface area contributed by atoms with Gasteiger partial charge in [0, 0.05) is 36.3 Å². The Morgan fingerprint density at radius 1 is 1.57 bits per heavy atom. The average molecular weight is 306 g/mol. The second-order valence-corrected chi connectivity index (χ2v) is 6.48. The largest absolute Gasteiger partial charge is 0.315 e. The summed E-state index contributed by atoms with van der Waals surface area (Å²) in [5.74, 6) is 0. The molecular formula is C15H22N4OS. The van der Waals surface area contributed by atoms with E-state index in [0.29, 0.717) is 6.04 Å². The van der Waals surface area contributed by atoms with Crippen molar-refractivity contribution in [1.82, 2.24) is 19.6 Å². The van der Waals surface area contributed by atoms with Crippen molar-refractivity contribution in [2.75, 3.05) is 19.6 Å². The molecule has 2 aromatic rings. The Hall–Kier alpha value is -1.24. The fourth-order valence-corrected chi connectivity index (χ4v) is 3.92. The van der Waals surface area contributed by atoms with Crippen LogP contribution in [0, 0.1) is 6.92 Å². The van der Waals surface area contributed by atoms with Gasteiger partial charge in [-0.25, -0.2) is 4.98 Å². The van der Waals surface area contributed by atoms with E-state index in [2.05, 4.69) is 22.1 Å². The molecule has 0 spiro atoms. The molecule has 1 unspecified atom stereocenters. The van der Waals surface area contributed by atoms with Crippen molar-refractivity contribution < 1.29 is 0 Å². The average Bonchev–Trinajstić information content (AvgIpc) is 2.87. The second kappa shape index (κ2) is 6.25. The molecule has 0 saturated carbocycles. The number of nitrogens with one attached hydrogen (secondary N) is 1. The summed E-state index contributed by atoms with van der Waals surface area (Å²) in [6, 6.07) is 2.24. The lowest BCUT2D eigenvalue weighted by Gasteiger charge is -2.33. The van der Waals surface area contributed by atoms with Crippen LogP contribution in [0.4, 0.5) is 0 Å². The van der Waals surface area contributed by atoms with Crippen LogP contribution >= 0.6 is 11.3 Å². The van der Waals surface area contributed by atoms with Crippen LogP contribution in [0.2, 0.25) is 0 Å². The van der Waals surface area contributed by atoms with Crippen molar-refractivity contribution in [3.63, 3.8) is 0 Å². The van der Waals surface area contributed by atoms with E-state index in [4.69, 9.17) is 0 Å². The SMILES string of the molecule is CCN(Cc1cc(=O)n2c(C)csc2n1)C1CCCNC1.